The monoisotopic (exact) mass is 257 g/mol. The highest BCUT2D eigenvalue weighted by molar-refractivity contribution is 7.14. The Balaban J connectivity index is 2.55. The molecule has 17 heavy (non-hydrogen) atoms. The van der Waals surface area contributed by atoms with Gasteiger partial charge in [0, 0.05) is 4.88 Å². The predicted octanol–water partition coefficient (Wildman–Crippen LogP) is 2.05. The lowest BCUT2D eigenvalue weighted by Gasteiger charge is -2.16. The third-order valence-electron chi connectivity index (χ3n) is 2.11. The van der Waals surface area contributed by atoms with Crippen molar-refractivity contribution in [3.05, 3.63) is 21.4 Å². The van der Waals surface area contributed by atoms with E-state index in [1.165, 1.54) is 16.2 Å². The fourth-order valence-corrected chi connectivity index (χ4v) is 2.27. The van der Waals surface area contributed by atoms with E-state index >= 15 is 0 Å². The van der Waals surface area contributed by atoms with Gasteiger partial charge in [-0.25, -0.2) is 5.48 Å². The topological polar surface area (TPSA) is 58.6 Å². The summed E-state index contributed by atoms with van der Waals surface area (Å²) in [6.07, 6.45) is 0.920. The Labute approximate surface area is 106 Å². The van der Waals surface area contributed by atoms with E-state index in [4.69, 9.17) is 4.84 Å². The smallest absolute Gasteiger partial charge is 0.285 e. The summed E-state index contributed by atoms with van der Waals surface area (Å²) in [7, 11) is 0. The quantitative estimate of drug-likeness (QED) is 0.794. The molecule has 1 rings (SSSR count). The zero-order valence-corrected chi connectivity index (χ0v) is 11.5. The highest BCUT2D eigenvalue weighted by Crippen LogP contribution is 2.22. The Morgan fingerprint density at radius 1 is 1.59 bits per heavy atom. The summed E-state index contributed by atoms with van der Waals surface area (Å²) in [6.45, 7) is 7.25. The zero-order valence-electron chi connectivity index (χ0n) is 10.7. The maximum absolute atomic E-state index is 11.8. The van der Waals surface area contributed by atoms with Crippen LogP contribution in [-0.2, 0) is 11.3 Å². The molecule has 0 saturated carbocycles. The van der Waals surface area contributed by atoms with Gasteiger partial charge in [-0.3, -0.25) is 9.63 Å². The Kier molecular flexibility index (Phi) is 4.68. The van der Waals surface area contributed by atoms with Gasteiger partial charge in [0.15, 0.2) is 0 Å². The highest BCUT2D eigenvalue weighted by Gasteiger charge is 2.16. The molecule has 0 unspecified atom stereocenters. The molecule has 0 atom stereocenters. The number of aliphatic hydroxyl groups is 1. The minimum atomic E-state index is -0.952. The van der Waals surface area contributed by atoms with Crippen LogP contribution in [0.15, 0.2) is 6.07 Å². The van der Waals surface area contributed by atoms with Gasteiger partial charge >= 0.3 is 0 Å². The van der Waals surface area contributed by atoms with E-state index in [2.05, 4.69) is 12.4 Å². The van der Waals surface area contributed by atoms with E-state index < -0.39 is 5.60 Å². The molecule has 0 aliphatic carbocycles. The number of hydrogen-bond donors (Lipinski definition) is 2. The van der Waals surface area contributed by atoms with Crippen molar-refractivity contribution in [3.63, 3.8) is 0 Å². The van der Waals surface area contributed by atoms with Crippen LogP contribution in [0, 0.1) is 6.92 Å². The van der Waals surface area contributed by atoms with Crippen LogP contribution in [0.3, 0.4) is 0 Å². The molecular formula is C12H19NO3S. The van der Waals surface area contributed by atoms with Gasteiger partial charge in [-0.05, 0) is 38.8 Å². The van der Waals surface area contributed by atoms with Crippen LogP contribution in [0.5, 0.6) is 0 Å². The van der Waals surface area contributed by atoms with Crippen LogP contribution in [0.2, 0.25) is 0 Å². The van der Waals surface area contributed by atoms with E-state index in [1.807, 2.05) is 13.0 Å². The van der Waals surface area contributed by atoms with Gasteiger partial charge in [0.1, 0.15) is 6.61 Å². The summed E-state index contributed by atoms with van der Waals surface area (Å²) >= 11 is 1.47. The van der Waals surface area contributed by atoms with Crippen LogP contribution in [-0.4, -0.2) is 23.2 Å². The number of aryl methyl sites for hydroxylation is 2. The summed E-state index contributed by atoms with van der Waals surface area (Å²) in [5, 5.41) is 9.42. The SMILES string of the molecule is CCc1cc(C)c(C(=O)NOCC(C)(C)O)s1. The molecule has 0 spiro atoms. The second-order valence-electron chi connectivity index (χ2n) is 4.61. The van der Waals surface area contributed by atoms with Crippen molar-refractivity contribution < 1.29 is 14.7 Å². The molecule has 0 aliphatic rings. The highest BCUT2D eigenvalue weighted by atomic mass is 32.1. The van der Waals surface area contributed by atoms with Gasteiger partial charge in [0.25, 0.3) is 5.91 Å². The van der Waals surface area contributed by atoms with Crippen LogP contribution in [0.1, 0.15) is 40.9 Å². The van der Waals surface area contributed by atoms with E-state index in [0.717, 1.165) is 12.0 Å². The normalized spacial score (nSPS) is 11.6. The average molecular weight is 257 g/mol. The molecule has 5 heteroatoms. The van der Waals surface area contributed by atoms with Crippen LogP contribution in [0.25, 0.3) is 0 Å². The van der Waals surface area contributed by atoms with Crippen molar-refractivity contribution in [1.29, 1.82) is 0 Å². The first kappa shape index (κ1) is 14.2. The van der Waals surface area contributed by atoms with Gasteiger partial charge in [0.2, 0.25) is 0 Å². The Bertz CT molecular complexity index is 393. The predicted molar refractivity (Wildman–Crippen MR) is 68.2 cm³/mol. The van der Waals surface area contributed by atoms with E-state index in [0.29, 0.717) is 4.88 Å². The van der Waals surface area contributed by atoms with Crippen LogP contribution < -0.4 is 5.48 Å². The molecule has 1 heterocycles. The fourth-order valence-electron chi connectivity index (χ4n) is 1.27. The number of hydroxylamine groups is 1. The second kappa shape index (κ2) is 5.62. The van der Waals surface area contributed by atoms with Crippen molar-refractivity contribution in [1.82, 2.24) is 5.48 Å². The first-order valence-corrected chi connectivity index (χ1v) is 6.39. The Hall–Kier alpha value is -0.910. The summed E-state index contributed by atoms with van der Waals surface area (Å²) < 4.78 is 0. The number of rotatable bonds is 5. The molecule has 0 fully saturated rings. The molecule has 4 nitrogen and oxygen atoms in total. The Morgan fingerprint density at radius 3 is 2.71 bits per heavy atom. The van der Waals surface area contributed by atoms with E-state index in [9.17, 15) is 9.90 Å². The lowest BCUT2D eigenvalue weighted by Crippen LogP contribution is -2.33. The van der Waals surface area contributed by atoms with Gasteiger partial charge < -0.3 is 5.11 Å². The summed E-state index contributed by atoms with van der Waals surface area (Å²) in [5.41, 5.74) is 2.35. The van der Waals surface area contributed by atoms with Gasteiger partial charge in [-0.2, -0.15) is 0 Å². The third kappa shape index (κ3) is 4.46. The maximum Gasteiger partial charge on any atom is 0.285 e. The molecule has 0 aromatic carbocycles. The van der Waals surface area contributed by atoms with Crippen LogP contribution in [0.4, 0.5) is 0 Å². The molecule has 1 aromatic rings. The number of hydrogen-bond acceptors (Lipinski definition) is 4. The van der Waals surface area contributed by atoms with Crippen molar-refractivity contribution in [3.8, 4) is 0 Å². The van der Waals surface area contributed by atoms with E-state index in [1.54, 1.807) is 13.8 Å². The summed E-state index contributed by atoms with van der Waals surface area (Å²) in [4.78, 5) is 18.6. The van der Waals surface area contributed by atoms with Gasteiger partial charge in [0.05, 0.1) is 10.5 Å². The molecule has 96 valence electrons. The molecule has 0 saturated heterocycles. The van der Waals surface area contributed by atoms with Gasteiger partial charge in [-0.15, -0.1) is 11.3 Å². The van der Waals surface area contributed by atoms with Crippen molar-refractivity contribution in [2.75, 3.05) is 6.61 Å². The minimum Gasteiger partial charge on any atom is -0.388 e. The molecule has 0 bridgehead atoms. The number of carbonyl (C=O) groups is 1. The molecule has 0 radical (unpaired) electrons. The average Bonchev–Trinajstić information content (AvgIpc) is 2.57. The molecule has 0 aliphatic heterocycles. The van der Waals surface area contributed by atoms with Crippen LogP contribution >= 0.6 is 11.3 Å². The summed E-state index contributed by atoms with van der Waals surface area (Å²) in [6, 6.07) is 2.01. The molecule has 1 aromatic heterocycles. The fraction of sp³-hybridized carbons (Fsp3) is 0.583. The third-order valence-corrected chi connectivity index (χ3v) is 3.49. The van der Waals surface area contributed by atoms with Crippen molar-refractivity contribution >= 4 is 17.2 Å². The molecule has 1 amide bonds. The Morgan fingerprint density at radius 2 is 2.24 bits per heavy atom. The largest absolute Gasteiger partial charge is 0.388 e. The molecule has 2 N–H and O–H groups in total. The first-order chi connectivity index (χ1) is 7.83. The second-order valence-corrected chi connectivity index (χ2v) is 5.75. The minimum absolute atomic E-state index is 0.0593. The zero-order chi connectivity index (χ0) is 13.1. The molecular weight excluding hydrogens is 238 g/mol. The first-order valence-electron chi connectivity index (χ1n) is 5.57. The number of thiophene rings is 1. The number of amides is 1. The van der Waals surface area contributed by atoms with Crippen molar-refractivity contribution in [2.24, 2.45) is 0 Å². The maximum atomic E-state index is 11.8. The van der Waals surface area contributed by atoms with E-state index in [-0.39, 0.29) is 12.5 Å². The van der Waals surface area contributed by atoms with Crippen molar-refractivity contribution in [2.45, 2.75) is 39.7 Å². The lowest BCUT2D eigenvalue weighted by molar-refractivity contribution is -0.0521. The van der Waals surface area contributed by atoms with Gasteiger partial charge in [-0.1, -0.05) is 6.92 Å². The number of carbonyl (C=O) groups excluding carboxylic acids is 1. The lowest BCUT2D eigenvalue weighted by atomic mass is 10.2. The standard InChI is InChI=1S/C12H19NO3S/c1-5-9-6-8(2)10(17-9)11(14)13-16-7-12(3,4)15/h6,15H,5,7H2,1-4H3,(H,13,14). The number of nitrogens with one attached hydrogen (secondary N) is 1. The summed E-state index contributed by atoms with van der Waals surface area (Å²) in [5.74, 6) is -0.253.